The second kappa shape index (κ2) is 4.71. The van der Waals surface area contributed by atoms with Crippen molar-refractivity contribution in [2.24, 2.45) is 0 Å². The first kappa shape index (κ1) is 11.2. The van der Waals surface area contributed by atoms with Gasteiger partial charge in [0.25, 0.3) is 0 Å². The lowest BCUT2D eigenvalue weighted by Gasteiger charge is -2.08. The van der Waals surface area contributed by atoms with Gasteiger partial charge in [-0.3, -0.25) is 4.98 Å². The summed E-state index contributed by atoms with van der Waals surface area (Å²) in [6.45, 7) is 2.14. The minimum Gasteiger partial charge on any atom is -0.497 e. The van der Waals surface area contributed by atoms with Crippen LogP contribution in [-0.2, 0) is 6.42 Å². The van der Waals surface area contributed by atoms with Crippen LogP contribution in [0.3, 0.4) is 0 Å². The van der Waals surface area contributed by atoms with Crippen molar-refractivity contribution in [3.8, 4) is 5.75 Å². The average Bonchev–Trinajstić information content (AvgIpc) is 2.32. The first-order valence-corrected chi connectivity index (χ1v) is 5.75. The molecule has 0 aliphatic rings. The molecule has 0 unspecified atom stereocenters. The molecule has 0 aliphatic heterocycles. The fourth-order valence-corrected chi connectivity index (χ4v) is 2.08. The SMILES string of the molecule is CCCc1c(Cl)cnc2ccc(OC)cc12. The number of methoxy groups -OCH3 is 1. The molecule has 0 spiro atoms. The van der Waals surface area contributed by atoms with Crippen molar-refractivity contribution < 1.29 is 4.74 Å². The zero-order valence-electron chi connectivity index (χ0n) is 9.46. The Kier molecular flexibility index (Phi) is 3.30. The summed E-state index contributed by atoms with van der Waals surface area (Å²) < 4.78 is 5.22. The van der Waals surface area contributed by atoms with E-state index in [1.54, 1.807) is 13.3 Å². The Labute approximate surface area is 100 Å². The molecule has 0 saturated heterocycles. The number of hydrogen-bond acceptors (Lipinski definition) is 2. The summed E-state index contributed by atoms with van der Waals surface area (Å²) >= 11 is 6.17. The largest absolute Gasteiger partial charge is 0.497 e. The van der Waals surface area contributed by atoms with Gasteiger partial charge in [0.1, 0.15) is 5.75 Å². The van der Waals surface area contributed by atoms with Crippen molar-refractivity contribution in [2.45, 2.75) is 19.8 Å². The number of hydrogen-bond donors (Lipinski definition) is 0. The van der Waals surface area contributed by atoms with Gasteiger partial charge in [-0.15, -0.1) is 0 Å². The highest BCUT2D eigenvalue weighted by Gasteiger charge is 2.07. The summed E-state index contributed by atoms with van der Waals surface area (Å²) in [5.74, 6) is 0.842. The zero-order valence-corrected chi connectivity index (χ0v) is 10.2. The fourth-order valence-electron chi connectivity index (χ4n) is 1.83. The maximum Gasteiger partial charge on any atom is 0.119 e. The van der Waals surface area contributed by atoms with Gasteiger partial charge >= 0.3 is 0 Å². The number of pyridine rings is 1. The fraction of sp³-hybridized carbons (Fsp3) is 0.308. The summed E-state index contributed by atoms with van der Waals surface area (Å²) in [7, 11) is 1.67. The molecule has 0 saturated carbocycles. The number of fused-ring (bicyclic) bond motifs is 1. The maximum atomic E-state index is 6.17. The molecular formula is C13H14ClNO. The van der Waals surface area contributed by atoms with Gasteiger partial charge < -0.3 is 4.74 Å². The first-order chi connectivity index (χ1) is 7.76. The number of halogens is 1. The predicted octanol–water partition coefficient (Wildman–Crippen LogP) is 3.85. The van der Waals surface area contributed by atoms with E-state index < -0.39 is 0 Å². The summed E-state index contributed by atoms with van der Waals surface area (Å²) in [5.41, 5.74) is 2.13. The number of ether oxygens (including phenoxy) is 1. The number of rotatable bonds is 3. The van der Waals surface area contributed by atoms with Crippen LogP contribution in [0.2, 0.25) is 5.02 Å². The van der Waals surface area contributed by atoms with E-state index in [4.69, 9.17) is 16.3 Å². The van der Waals surface area contributed by atoms with Crippen LogP contribution in [0.15, 0.2) is 24.4 Å². The molecule has 0 N–H and O–H groups in total. The van der Waals surface area contributed by atoms with E-state index in [1.165, 1.54) is 0 Å². The zero-order chi connectivity index (χ0) is 11.5. The third kappa shape index (κ3) is 1.98. The number of nitrogens with zero attached hydrogens (tertiary/aromatic N) is 1. The van der Waals surface area contributed by atoms with Gasteiger partial charge in [-0.2, -0.15) is 0 Å². The average molecular weight is 236 g/mol. The standard InChI is InChI=1S/C13H14ClNO/c1-3-4-10-11-7-9(16-2)5-6-13(11)15-8-12(10)14/h5-8H,3-4H2,1-2H3. The highest BCUT2D eigenvalue weighted by molar-refractivity contribution is 6.32. The Morgan fingerprint density at radius 2 is 2.19 bits per heavy atom. The monoisotopic (exact) mass is 235 g/mol. The van der Waals surface area contributed by atoms with Gasteiger partial charge in [0, 0.05) is 11.6 Å². The topological polar surface area (TPSA) is 22.1 Å². The van der Waals surface area contributed by atoms with Crippen molar-refractivity contribution in [2.75, 3.05) is 7.11 Å². The molecule has 2 nitrogen and oxygen atoms in total. The van der Waals surface area contributed by atoms with E-state index in [1.807, 2.05) is 18.2 Å². The lowest BCUT2D eigenvalue weighted by atomic mass is 10.0. The Bertz CT molecular complexity index is 511. The third-order valence-corrected chi connectivity index (χ3v) is 2.96. The molecule has 0 atom stereocenters. The lowest BCUT2D eigenvalue weighted by molar-refractivity contribution is 0.415. The highest BCUT2D eigenvalue weighted by atomic mass is 35.5. The Balaban J connectivity index is 2.67. The normalized spacial score (nSPS) is 10.7. The molecule has 1 aromatic heterocycles. The van der Waals surface area contributed by atoms with Gasteiger partial charge in [0.05, 0.1) is 17.6 Å². The highest BCUT2D eigenvalue weighted by Crippen LogP contribution is 2.28. The van der Waals surface area contributed by atoms with E-state index >= 15 is 0 Å². The van der Waals surface area contributed by atoms with Crippen molar-refractivity contribution in [1.29, 1.82) is 0 Å². The molecular weight excluding hydrogens is 222 g/mol. The summed E-state index contributed by atoms with van der Waals surface area (Å²) in [6, 6.07) is 5.88. The summed E-state index contributed by atoms with van der Waals surface area (Å²) in [6.07, 6.45) is 3.75. The molecule has 0 fully saturated rings. The van der Waals surface area contributed by atoms with Crippen molar-refractivity contribution in [3.05, 3.63) is 35.0 Å². The summed E-state index contributed by atoms with van der Waals surface area (Å²) in [5, 5.41) is 1.83. The van der Waals surface area contributed by atoms with Gasteiger partial charge in [-0.1, -0.05) is 24.9 Å². The van der Waals surface area contributed by atoms with Crippen LogP contribution in [0.1, 0.15) is 18.9 Å². The maximum absolute atomic E-state index is 6.17. The first-order valence-electron chi connectivity index (χ1n) is 5.37. The third-order valence-electron chi connectivity index (χ3n) is 2.63. The number of aromatic nitrogens is 1. The predicted molar refractivity (Wildman–Crippen MR) is 67.3 cm³/mol. The summed E-state index contributed by atoms with van der Waals surface area (Å²) in [4.78, 5) is 4.31. The Morgan fingerprint density at radius 1 is 1.38 bits per heavy atom. The van der Waals surface area contributed by atoms with E-state index in [0.717, 1.165) is 40.1 Å². The van der Waals surface area contributed by atoms with Crippen LogP contribution in [0.5, 0.6) is 5.75 Å². The molecule has 0 amide bonds. The van der Waals surface area contributed by atoms with Gasteiger partial charge in [-0.25, -0.2) is 0 Å². The minimum atomic E-state index is 0.739. The van der Waals surface area contributed by atoms with Crippen LogP contribution in [0.4, 0.5) is 0 Å². The second-order valence-electron chi connectivity index (χ2n) is 3.72. The smallest absolute Gasteiger partial charge is 0.119 e. The van der Waals surface area contributed by atoms with E-state index in [2.05, 4.69) is 11.9 Å². The van der Waals surface area contributed by atoms with Crippen LogP contribution in [0.25, 0.3) is 10.9 Å². The molecule has 2 aromatic rings. The quantitative estimate of drug-likeness (QED) is 0.806. The van der Waals surface area contributed by atoms with Crippen LogP contribution < -0.4 is 4.74 Å². The molecule has 2 rings (SSSR count). The number of benzene rings is 1. The number of aryl methyl sites for hydroxylation is 1. The minimum absolute atomic E-state index is 0.739. The second-order valence-corrected chi connectivity index (χ2v) is 4.12. The molecule has 3 heteroatoms. The van der Waals surface area contributed by atoms with E-state index in [0.29, 0.717) is 0 Å². The Hall–Kier alpha value is -1.28. The van der Waals surface area contributed by atoms with Crippen molar-refractivity contribution in [3.63, 3.8) is 0 Å². The van der Waals surface area contributed by atoms with E-state index in [-0.39, 0.29) is 0 Å². The lowest BCUT2D eigenvalue weighted by Crippen LogP contribution is -1.92. The van der Waals surface area contributed by atoms with Crippen LogP contribution >= 0.6 is 11.6 Å². The molecule has 0 bridgehead atoms. The molecule has 84 valence electrons. The molecule has 16 heavy (non-hydrogen) atoms. The van der Waals surface area contributed by atoms with Crippen molar-refractivity contribution in [1.82, 2.24) is 4.98 Å². The Morgan fingerprint density at radius 3 is 2.88 bits per heavy atom. The molecule has 1 aromatic carbocycles. The van der Waals surface area contributed by atoms with Crippen LogP contribution in [0, 0.1) is 0 Å². The van der Waals surface area contributed by atoms with Gasteiger partial charge in [0.15, 0.2) is 0 Å². The van der Waals surface area contributed by atoms with Gasteiger partial charge in [-0.05, 0) is 30.2 Å². The van der Waals surface area contributed by atoms with E-state index in [9.17, 15) is 0 Å². The molecule has 0 aliphatic carbocycles. The van der Waals surface area contributed by atoms with Gasteiger partial charge in [0.2, 0.25) is 0 Å². The molecule has 1 heterocycles. The van der Waals surface area contributed by atoms with Crippen LogP contribution in [-0.4, -0.2) is 12.1 Å². The molecule has 0 radical (unpaired) electrons. The van der Waals surface area contributed by atoms with Crippen molar-refractivity contribution >= 4 is 22.5 Å².